The molecule has 1 aliphatic carbocycles. The van der Waals surface area contributed by atoms with Gasteiger partial charge in [-0.05, 0) is 18.6 Å². The van der Waals surface area contributed by atoms with E-state index >= 15 is 0 Å². The third-order valence-corrected chi connectivity index (χ3v) is 4.17. The molecule has 0 N–H and O–H groups in total. The number of rotatable bonds is 4. The smallest absolute Gasteiger partial charge is 0.337 e. The number of benzene rings is 1. The molecular formula is C17H18N2O4. The molecule has 120 valence electrons. The van der Waals surface area contributed by atoms with Crippen molar-refractivity contribution in [3.05, 3.63) is 42.0 Å². The summed E-state index contributed by atoms with van der Waals surface area (Å²) in [5.74, 6) is -1.32. The van der Waals surface area contributed by atoms with E-state index < -0.39 is 18.0 Å². The molecule has 0 saturated carbocycles. The predicted molar refractivity (Wildman–Crippen MR) is 84.9 cm³/mol. The topological polar surface area (TPSA) is 68.2 Å². The molecule has 0 unspecified atom stereocenters. The van der Waals surface area contributed by atoms with E-state index in [1.807, 2.05) is 37.4 Å². The van der Waals surface area contributed by atoms with Crippen molar-refractivity contribution in [2.75, 3.05) is 19.2 Å². The highest BCUT2D eigenvalue weighted by Gasteiger charge is 2.45. The van der Waals surface area contributed by atoms with Crippen molar-refractivity contribution in [3.63, 3.8) is 0 Å². The average molecular weight is 314 g/mol. The Labute approximate surface area is 134 Å². The molecule has 0 spiro atoms. The average Bonchev–Trinajstić information content (AvgIpc) is 2.59. The fraction of sp³-hybridized carbons (Fsp3) is 0.353. The van der Waals surface area contributed by atoms with Gasteiger partial charge in [0, 0.05) is 19.2 Å². The number of para-hydroxylation sites is 1. The highest BCUT2D eigenvalue weighted by Crippen LogP contribution is 2.37. The lowest BCUT2D eigenvalue weighted by atomic mass is 9.77. The third-order valence-electron chi connectivity index (χ3n) is 4.17. The van der Waals surface area contributed by atoms with Crippen LogP contribution in [0.5, 0.6) is 0 Å². The second-order valence-electron chi connectivity index (χ2n) is 5.59. The summed E-state index contributed by atoms with van der Waals surface area (Å²) in [7, 11) is 3.17. The van der Waals surface area contributed by atoms with E-state index in [0.717, 1.165) is 5.69 Å². The highest BCUT2D eigenvalue weighted by molar-refractivity contribution is 5.95. The molecule has 2 bridgehead atoms. The molecule has 6 nitrogen and oxygen atoms in total. The third kappa shape index (κ3) is 2.97. The van der Waals surface area contributed by atoms with Crippen molar-refractivity contribution in [3.8, 4) is 0 Å². The van der Waals surface area contributed by atoms with Crippen LogP contribution in [0, 0.1) is 11.8 Å². The first-order valence-corrected chi connectivity index (χ1v) is 7.43. The van der Waals surface area contributed by atoms with Crippen LogP contribution in [0.3, 0.4) is 0 Å². The number of methoxy groups -OCH3 is 1. The summed E-state index contributed by atoms with van der Waals surface area (Å²) in [6.07, 6.45) is 3.42. The molecule has 1 aromatic carbocycles. The van der Waals surface area contributed by atoms with Crippen LogP contribution < -0.4 is 5.01 Å². The van der Waals surface area contributed by atoms with Gasteiger partial charge in [0.1, 0.15) is 6.10 Å². The molecule has 4 rings (SSSR count). The Hall–Kier alpha value is -2.63. The molecule has 23 heavy (non-hydrogen) atoms. The van der Waals surface area contributed by atoms with Gasteiger partial charge in [-0.1, -0.05) is 24.3 Å². The zero-order valence-electron chi connectivity index (χ0n) is 13.0. The minimum Gasteiger partial charge on any atom is -0.466 e. The Morgan fingerprint density at radius 1 is 1.39 bits per heavy atom. The Bertz CT molecular complexity index is 668. The number of ether oxygens (including phenoxy) is 2. The van der Waals surface area contributed by atoms with Gasteiger partial charge in [0.05, 0.1) is 24.3 Å². The Kier molecular flexibility index (Phi) is 4.14. The van der Waals surface area contributed by atoms with Crippen LogP contribution in [0.1, 0.15) is 6.42 Å². The largest absolute Gasteiger partial charge is 0.466 e. The zero-order valence-corrected chi connectivity index (χ0v) is 13.0. The standard InChI is InChI=1S/C17H18N2O4/c1-19(12-6-4-3-5-7-12)18-10-11-8-15-14(16(20)22-2)9-13(11)17(21)23-15/h3-7,9-11,13,15H,8H2,1-2H3/b18-10+/t11-,13-,15+/m0/s1. The normalized spacial score (nSPS) is 25.9. The molecule has 2 heterocycles. The second kappa shape index (κ2) is 6.24. The molecule has 0 aromatic heterocycles. The van der Waals surface area contributed by atoms with Crippen LogP contribution in [0.25, 0.3) is 0 Å². The quantitative estimate of drug-likeness (QED) is 0.481. The van der Waals surface area contributed by atoms with Gasteiger partial charge in [0.2, 0.25) is 0 Å². The fourth-order valence-electron chi connectivity index (χ4n) is 2.89. The van der Waals surface area contributed by atoms with Gasteiger partial charge in [0.25, 0.3) is 0 Å². The minimum atomic E-state index is -0.543. The number of hydrogen-bond acceptors (Lipinski definition) is 6. The molecule has 2 aliphatic heterocycles. The first-order chi connectivity index (χ1) is 11.1. The molecule has 0 amide bonds. The maximum absolute atomic E-state index is 11.9. The van der Waals surface area contributed by atoms with E-state index in [9.17, 15) is 9.59 Å². The molecule has 1 aromatic rings. The van der Waals surface area contributed by atoms with Gasteiger partial charge in [0.15, 0.2) is 0 Å². The molecular weight excluding hydrogens is 296 g/mol. The van der Waals surface area contributed by atoms with Gasteiger partial charge in [-0.2, -0.15) is 5.10 Å². The zero-order chi connectivity index (χ0) is 16.4. The number of esters is 2. The number of nitrogens with zero attached hydrogens (tertiary/aromatic N) is 2. The van der Waals surface area contributed by atoms with Crippen molar-refractivity contribution < 1.29 is 19.1 Å². The first-order valence-electron chi connectivity index (χ1n) is 7.43. The van der Waals surface area contributed by atoms with E-state index in [0.29, 0.717) is 12.0 Å². The van der Waals surface area contributed by atoms with Crippen molar-refractivity contribution in [1.82, 2.24) is 0 Å². The predicted octanol–water partition coefficient (Wildman–Crippen LogP) is 1.77. The number of hydrazone groups is 1. The summed E-state index contributed by atoms with van der Waals surface area (Å²) in [4.78, 5) is 23.6. The maximum atomic E-state index is 11.9. The molecule has 6 heteroatoms. The molecule has 0 radical (unpaired) electrons. The summed E-state index contributed by atoms with van der Waals surface area (Å²) >= 11 is 0. The maximum Gasteiger partial charge on any atom is 0.337 e. The van der Waals surface area contributed by atoms with Crippen molar-refractivity contribution >= 4 is 23.8 Å². The van der Waals surface area contributed by atoms with E-state index in [1.54, 1.807) is 17.3 Å². The van der Waals surface area contributed by atoms with Crippen molar-refractivity contribution in [2.45, 2.75) is 12.5 Å². The molecule has 3 aliphatic rings. The van der Waals surface area contributed by atoms with E-state index in [2.05, 4.69) is 5.10 Å². The van der Waals surface area contributed by atoms with Gasteiger partial charge in [-0.15, -0.1) is 0 Å². The van der Waals surface area contributed by atoms with Crippen LogP contribution >= 0.6 is 0 Å². The Morgan fingerprint density at radius 3 is 2.78 bits per heavy atom. The lowest BCUT2D eigenvalue weighted by Crippen LogP contribution is -2.45. The number of anilines is 1. The van der Waals surface area contributed by atoms with Gasteiger partial charge < -0.3 is 9.47 Å². The Morgan fingerprint density at radius 2 is 2.13 bits per heavy atom. The Balaban J connectivity index is 1.75. The molecule has 1 fully saturated rings. The number of carbonyl (C=O) groups excluding carboxylic acids is 2. The first kappa shape index (κ1) is 15.3. The lowest BCUT2D eigenvalue weighted by molar-refractivity contribution is -0.161. The summed E-state index contributed by atoms with van der Waals surface area (Å²) < 4.78 is 9.99. The van der Waals surface area contributed by atoms with Crippen LogP contribution in [-0.4, -0.2) is 38.4 Å². The molecule has 3 atom stereocenters. The van der Waals surface area contributed by atoms with E-state index in [4.69, 9.17) is 9.47 Å². The van der Waals surface area contributed by atoms with E-state index in [-0.39, 0.29) is 11.9 Å². The van der Waals surface area contributed by atoms with Gasteiger partial charge >= 0.3 is 11.9 Å². The summed E-state index contributed by atoms with van der Waals surface area (Å²) in [5, 5.41) is 6.16. The monoisotopic (exact) mass is 314 g/mol. The second-order valence-corrected chi connectivity index (χ2v) is 5.59. The van der Waals surface area contributed by atoms with Crippen LogP contribution in [-0.2, 0) is 19.1 Å². The summed E-state index contributed by atoms with van der Waals surface area (Å²) in [6, 6.07) is 9.72. The van der Waals surface area contributed by atoms with Crippen LogP contribution in [0.2, 0.25) is 0 Å². The SMILES string of the molecule is COC(=O)C1=C[C@@H]2C(=O)O[C@@H]1C[C@H]2/C=N/N(C)c1ccccc1. The van der Waals surface area contributed by atoms with Crippen LogP contribution in [0.15, 0.2) is 47.1 Å². The van der Waals surface area contributed by atoms with Crippen LogP contribution in [0.4, 0.5) is 5.69 Å². The van der Waals surface area contributed by atoms with Gasteiger partial charge in [-0.3, -0.25) is 9.80 Å². The fourth-order valence-corrected chi connectivity index (χ4v) is 2.89. The van der Waals surface area contributed by atoms with Crippen molar-refractivity contribution in [2.24, 2.45) is 16.9 Å². The number of hydrogen-bond donors (Lipinski definition) is 0. The van der Waals surface area contributed by atoms with Gasteiger partial charge in [-0.25, -0.2) is 4.79 Å². The van der Waals surface area contributed by atoms with E-state index in [1.165, 1.54) is 7.11 Å². The number of fused-ring (bicyclic) bond motifs is 2. The number of carbonyl (C=O) groups is 2. The summed E-state index contributed by atoms with van der Waals surface area (Å²) in [5.41, 5.74) is 1.39. The lowest BCUT2D eigenvalue weighted by Gasteiger charge is -2.37. The highest BCUT2D eigenvalue weighted by atomic mass is 16.6. The van der Waals surface area contributed by atoms with Crippen molar-refractivity contribution in [1.29, 1.82) is 0 Å². The molecule has 1 saturated heterocycles. The summed E-state index contributed by atoms with van der Waals surface area (Å²) in [6.45, 7) is 0. The minimum absolute atomic E-state index is 0.0826.